The van der Waals surface area contributed by atoms with Crippen molar-refractivity contribution in [2.75, 3.05) is 13.2 Å². The van der Waals surface area contributed by atoms with E-state index in [1.54, 1.807) is 0 Å². The highest BCUT2D eigenvalue weighted by Crippen LogP contribution is 2.31. The van der Waals surface area contributed by atoms with Crippen molar-refractivity contribution in [3.05, 3.63) is 35.4 Å². The molecule has 4 heteroatoms. The third kappa shape index (κ3) is 6.22. The van der Waals surface area contributed by atoms with Crippen LogP contribution in [0.5, 0.6) is 0 Å². The predicted molar refractivity (Wildman–Crippen MR) is 93.5 cm³/mol. The maximum atomic E-state index is 11.9. The van der Waals surface area contributed by atoms with Gasteiger partial charge in [0.25, 0.3) is 0 Å². The lowest BCUT2D eigenvalue weighted by atomic mass is 9.73. The molecule has 0 heterocycles. The normalized spacial score (nSPS) is 14.4. The van der Waals surface area contributed by atoms with Crippen molar-refractivity contribution in [2.45, 2.75) is 53.6 Å². The number of nitrogens with one attached hydrogen (secondary N) is 1. The van der Waals surface area contributed by atoms with Gasteiger partial charge in [0.15, 0.2) is 0 Å². The first kappa shape index (κ1) is 19.5. The van der Waals surface area contributed by atoms with Crippen LogP contribution in [0, 0.1) is 18.3 Å². The van der Waals surface area contributed by atoms with E-state index in [2.05, 4.69) is 44.3 Å². The molecule has 0 aliphatic heterocycles. The summed E-state index contributed by atoms with van der Waals surface area (Å²) in [5, 5.41) is 12.9. The van der Waals surface area contributed by atoms with E-state index in [0.29, 0.717) is 13.0 Å². The van der Waals surface area contributed by atoms with Crippen molar-refractivity contribution in [3.8, 4) is 0 Å². The maximum absolute atomic E-state index is 11.9. The molecule has 0 radical (unpaired) electrons. The Morgan fingerprint density at radius 2 is 1.96 bits per heavy atom. The molecule has 0 aromatic heterocycles. The Labute approximate surface area is 140 Å². The first-order valence-electron chi connectivity index (χ1n) is 8.21. The molecule has 0 aliphatic rings. The molecule has 1 unspecified atom stereocenters. The van der Waals surface area contributed by atoms with Crippen LogP contribution < -0.4 is 5.32 Å². The molecule has 1 rings (SSSR count). The Morgan fingerprint density at radius 3 is 2.43 bits per heavy atom. The summed E-state index contributed by atoms with van der Waals surface area (Å²) in [5.74, 6) is 0.211. The van der Waals surface area contributed by atoms with Crippen LogP contribution in [0.1, 0.15) is 45.7 Å². The summed E-state index contributed by atoms with van der Waals surface area (Å²) in [6.07, 6.45) is 0.263. The second-order valence-electron chi connectivity index (χ2n) is 7.70. The van der Waals surface area contributed by atoms with Crippen LogP contribution in [-0.2, 0) is 11.2 Å². The largest absolute Gasteiger partial charge is 0.444 e. The number of aliphatic hydroxyl groups excluding tert-OH is 1. The minimum absolute atomic E-state index is 0.00834. The number of ether oxygens (including phenoxy) is 1. The smallest absolute Gasteiger partial charge is 0.407 e. The Hall–Kier alpha value is -1.55. The second kappa shape index (κ2) is 7.82. The Morgan fingerprint density at radius 1 is 1.30 bits per heavy atom. The molecule has 1 aromatic rings. The molecule has 4 nitrogen and oxygen atoms in total. The molecule has 2 N–H and O–H groups in total. The Bertz CT molecular complexity index is 520. The van der Waals surface area contributed by atoms with E-state index in [9.17, 15) is 9.90 Å². The van der Waals surface area contributed by atoms with Gasteiger partial charge in [0.05, 0.1) is 6.61 Å². The average Bonchev–Trinajstić information content (AvgIpc) is 2.41. The second-order valence-corrected chi connectivity index (χ2v) is 7.70. The molecule has 0 saturated heterocycles. The van der Waals surface area contributed by atoms with Crippen molar-refractivity contribution >= 4 is 6.09 Å². The summed E-state index contributed by atoms with van der Waals surface area (Å²) in [6, 6.07) is 8.26. The van der Waals surface area contributed by atoms with E-state index in [4.69, 9.17) is 4.74 Å². The average molecular weight is 321 g/mol. The van der Waals surface area contributed by atoms with Crippen LogP contribution in [-0.4, -0.2) is 30.0 Å². The minimum atomic E-state index is -0.527. The number of alkyl carbamates (subject to hydrolysis) is 1. The number of hydrogen-bond acceptors (Lipinski definition) is 3. The molecule has 0 spiro atoms. The van der Waals surface area contributed by atoms with Crippen molar-refractivity contribution in [1.82, 2.24) is 5.32 Å². The van der Waals surface area contributed by atoms with E-state index in [1.807, 2.05) is 26.8 Å². The quantitative estimate of drug-likeness (QED) is 0.840. The van der Waals surface area contributed by atoms with Gasteiger partial charge < -0.3 is 15.2 Å². The highest BCUT2D eigenvalue weighted by atomic mass is 16.6. The molecule has 1 atom stereocenters. The van der Waals surface area contributed by atoms with E-state index in [-0.39, 0.29) is 12.5 Å². The van der Waals surface area contributed by atoms with Crippen molar-refractivity contribution in [2.24, 2.45) is 11.3 Å². The highest BCUT2D eigenvalue weighted by Gasteiger charge is 2.34. The lowest BCUT2D eigenvalue weighted by Crippen LogP contribution is -2.46. The fourth-order valence-electron chi connectivity index (χ4n) is 2.56. The maximum Gasteiger partial charge on any atom is 0.407 e. The summed E-state index contributed by atoms with van der Waals surface area (Å²) in [6.45, 7) is 12.1. The first-order valence-corrected chi connectivity index (χ1v) is 8.21. The van der Waals surface area contributed by atoms with E-state index in [0.717, 1.165) is 0 Å². The number of amides is 1. The number of rotatable bonds is 6. The van der Waals surface area contributed by atoms with Gasteiger partial charge in [-0.2, -0.15) is 0 Å². The molecule has 0 aliphatic carbocycles. The molecule has 23 heavy (non-hydrogen) atoms. The van der Waals surface area contributed by atoms with Gasteiger partial charge in [0.1, 0.15) is 5.60 Å². The predicted octanol–water partition coefficient (Wildman–Crippen LogP) is 3.70. The van der Waals surface area contributed by atoms with Crippen molar-refractivity contribution in [3.63, 3.8) is 0 Å². The van der Waals surface area contributed by atoms with Crippen LogP contribution in [0.4, 0.5) is 4.79 Å². The van der Waals surface area contributed by atoms with Gasteiger partial charge in [-0.3, -0.25) is 0 Å². The fraction of sp³-hybridized carbons (Fsp3) is 0.632. The van der Waals surface area contributed by atoms with Gasteiger partial charge in [0.2, 0.25) is 0 Å². The lowest BCUT2D eigenvalue weighted by Gasteiger charge is -2.36. The van der Waals surface area contributed by atoms with Crippen LogP contribution in [0.2, 0.25) is 0 Å². The van der Waals surface area contributed by atoms with E-state index < -0.39 is 17.1 Å². The van der Waals surface area contributed by atoms with E-state index in [1.165, 1.54) is 11.1 Å². The standard InChI is InChI=1S/C19H31NO3/c1-14(2)19(13-21,11-16-9-7-8-15(3)10-16)12-20-17(22)23-18(4,5)6/h7-10,14,21H,11-13H2,1-6H3,(H,20,22). The number of carbonyl (C=O) groups is 1. The zero-order valence-electron chi connectivity index (χ0n) is 15.3. The summed E-state index contributed by atoms with van der Waals surface area (Å²) in [4.78, 5) is 11.9. The van der Waals surface area contributed by atoms with Gasteiger partial charge in [-0.25, -0.2) is 4.79 Å². The molecule has 1 aromatic carbocycles. The Balaban J connectivity index is 2.84. The van der Waals surface area contributed by atoms with E-state index >= 15 is 0 Å². The van der Waals surface area contributed by atoms with Gasteiger partial charge in [0, 0.05) is 12.0 Å². The van der Waals surface area contributed by atoms with Crippen LogP contribution in [0.15, 0.2) is 24.3 Å². The van der Waals surface area contributed by atoms with Crippen LogP contribution in [0.3, 0.4) is 0 Å². The first-order chi connectivity index (χ1) is 10.6. The number of aryl methyl sites for hydroxylation is 1. The molecule has 0 fully saturated rings. The third-order valence-corrected chi connectivity index (χ3v) is 4.16. The summed E-state index contributed by atoms with van der Waals surface area (Å²) in [7, 11) is 0. The molecule has 0 saturated carbocycles. The molecule has 130 valence electrons. The monoisotopic (exact) mass is 321 g/mol. The topological polar surface area (TPSA) is 58.6 Å². The SMILES string of the molecule is Cc1cccc(CC(CO)(CNC(=O)OC(C)(C)C)C(C)C)c1. The number of carbonyl (C=O) groups excluding carboxylic acids is 1. The molecular weight excluding hydrogens is 290 g/mol. The number of aliphatic hydroxyl groups is 1. The lowest BCUT2D eigenvalue weighted by molar-refractivity contribution is 0.0394. The molecule has 0 bridgehead atoms. The zero-order valence-corrected chi connectivity index (χ0v) is 15.3. The van der Waals surface area contributed by atoms with Crippen molar-refractivity contribution < 1.29 is 14.6 Å². The summed E-state index contributed by atoms with van der Waals surface area (Å²) in [5.41, 5.74) is 1.42. The third-order valence-electron chi connectivity index (χ3n) is 4.16. The zero-order chi connectivity index (χ0) is 17.7. The number of hydrogen-bond donors (Lipinski definition) is 2. The van der Waals surface area contributed by atoms with Gasteiger partial charge in [-0.05, 0) is 45.6 Å². The fourth-order valence-corrected chi connectivity index (χ4v) is 2.56. The molecular formula is C19H31NO3. The number of benzene rings is 1. The van der Waals surface area contributed by atoms with Gasteiger partial charge in [-0.1, -0.05) is 43.7 Å². The summed E-state index contributed by atoms with van der Waals surface area (Å²) < 4.78 is 5.29. The minimum Gasteiger partial charge on any atom is -0.444 e. The van der Waals surface area contributed by atoms with Gasteiger partial charge in [-0.15, -0.1) is 0 Å². The van der Waals surface area contributed by atoms with Crippen LogP contribution in [0.25, 0.3) is 0 Å². The van der Waals surface area contributed by atoms with Crippen LogP contribution >= 0.6 is 0 Å². The van der Waals surface area contributed by atoms with Gasteiger partial charge >= 0.3 is 6.09 Å². The summed E-state index contributed by atoms with van der Waals surface area (Å²) >= 11 is 0. The molecule has 1 amide bonds. The van der Waals surface area contributed by atoms with Crippen molar-refractivity contribution in [1.29, 1.82) is 0 Å². The highest BCUT2D eigenvalue weighted by molar-refractivity contribution is 5.67. The Kier molecular flexibility index (Phi) is 6.63.